The van der Waals surface area contributed by atoms with Crippen molar-refractivity contribution in [1.82, 2.24) is 4.90 Å². The molecule has 0 N–H and O–H groups in total. The van der Waals surface area contributed by atoms with Crippen LogP contribution >= 0.6 is 23.4 Å². The number of carbonyl (C=O) groups excluding carboxylic acids is 2. The second kappa shape index (κ2) is 11.0. The Bertz CT molecular complexity index is 1160. The lowest BCUT2D eigenvalue weighted by molar-refractivity contribution is -0.127. The van der Waals surface area contributed by atoms with Crippen LogP contribution in [0.15, 0.2) is 66.7 Å². The van der Waals surface area contributed by atoms with Crippen LogP contribution < -0.4 is 9.47 Å². The van der Waals surface area contributed by atoms with Crippen LogP contribution in [0.4, 0.5) is 4.79 Å². The summed E-state index contributed by atoms with van der Waals surface area (Å²) in [5.41, 5.74) is 4.05. The molecule has 0 aromatic heterocycles. The molecule has 3 aromatic carbocycles. The maximum atomic E-state index is 13.0. The van der Waals surface area contributed by atoms with Crippen LogP contribution in [0.2, 0.25) is 5.02 Å². The summed E-state index contributed by atoms with van der Waals surface area (Å²) in [7, 11) is 0. The molecule has 176 valence electrons. The van der Waals surface area contributed by atoms with Crippen molar-refractivity contribution in [2.45, 2.75) is 38.7 Å². The van der Waals surface area contributed by atoms with Crippen LogP contribution in [0, 0.1) is 6.92 Å². The van der Waals surface area contributed by atoms with Gasteiger partial charge in [-0.2, -0.15) is 0 Å². The van der Waals surface area contributed by atoms with Gasteiger partial charge < -0.3 is 9.47 Å². The number of rotatable bonds is 9. The number of carbonyl (C=O) groups is 2. The Morgan fingerprint density at radius 1 is 0.882 bits per heavy atom. The fourth-order valence-corrected chi connectivity index (χ4v) is 4.82. The van der Waals surface area contributed by atoms with Gasteiger partial charge in [0.05, 0.1) is 18.4 Å². The van der Waals surface area contributed by atoms with Gasteiger partial charge in [0, 0.05) is 5.02 Å². The molecule has 0 spiro atoms. The monoisotopic (exact) mass is 495 g/mol. The van der Waals surface area contributed by atoms with Crippen molar-refractivity contribution >= 4 is 34.5 Å². The van der Waals surface area contributed by atoms with E-state index in [0.29, 0.717) is 36.2 Å². The summed E-state index contributed by atoms with van der Waals surface area (Å²) < 4.78 is 11.8. The second-order valence-electron chi connectivity index (χ2n) is 8.12. The first-order valence-electron chi connectivity index (χ1n) is 11.1. The molecule has 7 heteroatoms. The molecule has 2 amide bonds. The molecular formula is C27H26ClNO4S. The van der Waals surface area contributed by atoms with Crippen LogP contribution in [-0.2, 0) is 24.4 Å². The summed E-state index contributed by atoms with van der Waals surface area (Å²) in [5, 5.41) is -0.0758. The molecule has 0 bridgehead atoms. The van der Waals surface area contributed by atoms with Gasteiger partial charge in [-0.1, -0.05) is 71.4 Å². The van der Waals surface area contributed by atoms with Crippen molar-refractivity contribution in [3.63, 3.8) is 0 Å². The highest BCUT2D eigenvalue weighted by atomic mass is 35.5. The normalized spacial score (nSPS) is 15.6. The topological polar surface area (TPSA) is 55.8 Å². The molecule has 1 aliphatic heterocycles. The Morgan fingerprint density at radius 2 is 1.56 bits per heavy atom. The van der Waals surface area contributed by atoms with Gasteiger partial charge >= 0.3 is 0 Å². The molecule has 0 saturated carbocycles. The zero-order valence-electron chi connectivity index (χ0n) is 19.1. The van der Waals surface area contributed by atoms with Gasteiger partial charge in [-0.15, -0.1) is 0 Å². The number of imide groups is 1. The van der Waals surface area contributed by atoms with Crippen LogP contribution in [0.1, 0.15) is 29.2 Å². The second-order valence-corrected chi connectivity index (χ2v) is 9.71. The van der Waals surface area contributed by atoms with Crippen LogP contribution in [-0.4, -0.2) is 27.9 Å². The molecule has 1 heterocycles. The summed E-state index contributed by atoms with van der Waals surface area (Å²) in [5.74, 6) is 1.10. The number of thioether (sulfide) groups is 1. The van der Waals surface area contributed by atoms with Gasteiger partial charge in [-0.05, 0) is 61.2 Å². The van der Waals surface area contributed by atoms with E-state index < -0.39 is 5.25 Å². The summed E-state index contributed by atoms with van der Waals surface area (Å²) in [6.07, 6.45) is 0.435. The van der Waals surface area contributed by atoms with Crippen molar-refractivity contribution in [2.24, 2.45) is 0 Å². The van der Waals surface area contributed by atoms with Crippen molar-refractivity contribution in [3.8, 4) is 11.5 Å². The van der Waals surface area contributed by atoms with E-state index in [1.807, 2.05) is 49.4 Å². The Balaban J connectivity index is 1.42. The van der Waals surface area contributed by atoms with Gasteiger partial charge in [-0.25, -0.2) is 0 Å². The zero-order valence-corrected chi connectivity index (χ0v) is 20.7. The lowest BCUT2D eigenvalue weighted by Crippen LogP contribution is -2.31. The zero-order chi connectivity index (χ0) is 24.1. The molecule has 4 rings (SSSR count). The van der Waals surface area contributed by atoms with E-state index in [1.165, 1.54) is 10.5 Å². The van der Waals surface area contributed by atoms with Gasteiger partial charge in [0.2, 0.25) is 5.91 Å². The first kappa shape index (κ1) is 24.2. The van der Waals surface area contributed by atoms with Crippen molar-refractivity contribution < 1.29 is 19.1 Å². The first-order chi connectivity index (χ1) is 16.4. The predicted molar refractivity (Wildman–Crippen MR) is 136 cm³/mol. The number of amides is 2. The summed E-state index contributed by atoms with van der Waals surface area (Å²) in [6.45, 7) is 5.14. The van der Waals surface area contributed by atoms with Crippen molar-refractivity contribution in [3.05, 3.63) is 94.0 Å². The van der Waals surface area contributed by atoms with E-state index in [1.54, 1.807) is 12.1 Å². The van der Waals surface area contributed by atoms with Crippen molar-refractivity contribution in [2.75, 3.05) is 6.61 Å². The smallest absolute Gasteiger partial charge is 0.289 e. The van der Waals surface area contributed by atoms with Gasteiger partial charge in [0.25, 0.3) is 5.24 Å². The van der Waals surface area contributed by atoms with E-state index in [-0.39, 0.29) is 17.7 Å². The van der Waals surface area contributed by atoms with Gasteiger partial charge in [0.15, 0.2) is 11.5 Å². The number of hydrogen-bond acceptors (Lipinski definition) is 5. The minimum Gasteiger partial charge on any atom is -0.490 e. The van der Waals surface area contributed by atoms with E-state index in [4.69, 9.17) is 21.1 Å². The third-order valence-electron chi connectivity index (χ3n) is 5.50. The first-order valence-corrected chi connectivity index (χ1v) is 12.4. The number of ether oxygens (including phenoxy) is 2. The van der Waals surface area contributed by atoms with Gasteiger partial charge in [-0.3, -0.25) is 14.5 Å². The van der Waals surface area contributed by atoms with Crippen LogP contribution in [0.3, 0.4) is 0 Å². The maximum Gasteiger partial charge on any atom is 0.289 e. The lowest BCUT2D eigenvalue weighted by atomic mass is 10.1. The standard InChI is InChI=1S/C27H26ClNO4S/c1-3-32-24-14-21(10-13-23(24)33-17-20-6-4-18(2)5-7-20)15-25-26(30)29(27(31)34-25)16-19-8-11-22(28)12-9-19/h4-14,25H,3,15-17H2,1-2H3/t25-/m1/s1. The number of aryl methyl sites for hydroxylation is 1. The highest BCUT2D eigenvalue weighted by molar-refractivity contribution is 8.15. The third-order valence-corrected chi connectivity index (χ3v) is 6.83. The molecule has 0 unspecified atom stereocenters. The van der Waals surface area contributed by atoms with E-state index in [2.05, 4.69) is 19.1 Å². The molecule has 3 aromatic rings. The quantitative estimate of drug-likeness (QED) is 0.342. The Morgan fingerprint density at radius 3 is 2.26 bits per heavy atom. The number of hydrogen-bond donors (Lipinski definition) is 0. The SMILES string of the molecule is CCOc1cc(C[C@H]2SC(=O)N(Cc3ccc(Cl)cc3)C2=O)ccc1OCc1ccc(C)cc1. The molecular weight excluding hydrogens is 470 g/mol. The summed E-state index contributed by atoms with van der Waals surface area (Å²) >= 11 is 7.00. The summed E-state index contributed by atoms with van der Waals surface area (Å²) in [6, 6.07) is 21.0. The molecule has 1 saturated heterocycles. The molecule has 5 nitrogen and oxygen atoms in total. The molecule has 1 aliphatic rings. The lowest BCUT2D eigenvalue weighted by Gasteiger charge is -2.15. The molecule has 0 aliphatic carbocycles. The Hall–Kier alpha value is -2.96. The van der Waals surface area contributed by atoms with Crippen LogP contribution in [0.5, 0.6) is 11.5 Å². The summed E-state index contributed by atoms with van der Waals surface area (Å²) in [4.78, 5) is 26.8. The fourth-order valence-electron chi connectivity index (χ4n) is 3.67. The molecule has 1 atom stereocenters. The van der Waals surface area contributed by atoms with E-state index in [0.717, 1.165) is 28.5 Å². The Labute approximate surface area is 209 Å². The highest BCUT2D eigenvalue weighted by Crippen LogP contribution is 2.34. The average molecular weight is 496 g/mol. The minimum atomic E-state index is -0.464. The van der Waals surface area contributed by atoms with Crippen molar-refractivity contribution in [1.29, 1.82) is 0 Å². The number of nitrogens with zero attached hydrogens (tertiary/aromatic N) is 1. The fraction of sp³-hybridized carbons (Fsp3) is 0.259. The number of benzene rings is 3. The maximum absolute atomic E-state index is 13.0. The largest absolute Gasteiger partial charge is 0.490 e. The average Bonchev–Trinajstić information content (AvgIpc) is 3.08. The number of halogens is 1. The van der Waals surface area contributed by atoms with Crippen LogP contribution in [0.25, 0.3) is 0 Å². The van der Waals surface area contributed by atoms with Gasteiger partial charge in [0.1, 0.15) is 6.61 Å². The molecule has 0 radical (unpaired) electrons. The predicted octanol–water partition coefficient (Wildman–Crippen LogP) is 6.43. The molecule has 1 fully saturated rings. The Kier molecular flexibility index (Phi) is 7.80. The minimum absolute atomic E-state index is 0.178. The van der Waals surface area contributed by atoms with E-state index in [9.17, 15) is 9.59 Å². The van der Waals surface area contributed by atoms with E-state index >= 15 is 0 Å². The highest BCUT2D eigenvalue weighted by Gasteiger charge is 2.39. The molecule has 34 heavy (non-hydrogen) atoms. The third kappa shape index (κ3) is 5.93.